The van der Waals surface area contributed by atoms with Crippen molar-refractivity contribution in [3.05, 3.63) is 59.2 Å². The van der Waals surface area contributed by atoms with Crippen molar-refractivity contribution in [2.75, 3.05) is 19.0 Å². The number of hydrogen-bond acceptors (Lipinski definition) is 7. The van der Waals surface area contributed by atoms with E-state index in [0.717, 1.165) is 12.1 Å². The van der Waals surface area contributed by atoms with Crippen molar-refractivity contribution in [2.24, 2.45) is 0 Å². The van der Waals surface area contributed by atoms with E-state index in [4.69, 9.17) is 4.74 Å². The summed E-state index contributed by atoms with van der Waals surface area (Å²) in [5.41, 5.74) is -8.65. The zero-order valence-electron chi connectivity index (χ0n) is 20.6. The number of carbonyl (C=O) groups is 2. The Bertz CT molecular complexity index is 1410. The van der Waals surface area contributed by atoms with Crippen molar-refractivity contribution in [1.82, 2.24) is 10.0 Å². The van der Waals surface area contributed by atoms with Crippen LogP contribution in [-0.2, 0) is 42.0 Å². The van der Waals surface area contributed by atoms with Gasteiger partial charge in [0, 0.05) is 24.4 Å². The van der Waals surface area contributed by atoms with Gasteiger partial charge in [-0.05, 0) is 55.3 Å². The highest BCUT2D eigenvalue weighted by Crippen LogP contribution is 2.50. The number of aliphatic hydroxyl groups is 1. The number of carbonyl (C=O) groups excluding carboxylic acids is 2. The van der Waals surface area contributed by atoms with Gasteiger partial charge < -0.3 is 15.2 Å². The van der Waals surface area contributed by atoms with Gasteiger partial charge in [0.25, 0.3) is 11.5 Å². The summed E-state index contributed by atoms with van der Waals surface area (Å²) in [5.74, 6) is -1.73. The van der Waals surface area contributed by atoms with Gasteiger partial charge in [-0.3, -0.25) is 14.9 Å². The van der Waals surface area contributed by atoms with Crippen molar-refractivity contribution >= 4 is 27.4 Å². The highest BCUT2D eigenvalue weighted by atomic mass is 32.2. The Balaban J connectivity index is 1.72. The maximum atomic E-state index is 13.6. The quantitative estimate of drug-likeness (QED) is 0.286. The molecule has 2 atom stereocenters. The molecule has 1 saturated heterocycles. The third-order valence-electron chi connectivity index (χ3n) is 6.92. The smallest absolute Gasteiger partial charge is 0.370 e. The molecule has 0 aromatic heterocycles. The number of rotatable bonds is 7. The van der Waals surface area contributed by atoms with Gasteiger partial charge in [-0.25, -0.2) is 13.1 Å². The maximum absolute atomic E-state index is 13.6. The summed E-state index contributed by atoms with van der Waals surface area (Å²) in [4.78, 5) is 27.2. The number of sulfonamides is 1. The third-order valence-corrected chi connectivity index (χ3v) is 8.33. The van der Waals surface area contributed by atoms with E-state index in [2.05, 4.69) is 15.4 Å². The summed E-state index contributed by atoms with van der Waals surface area (Å²) in [7, 11) is -2.66. The average molecular weight is 596 g/mol. The van der Waals surface area contributed by atoms with Crippen LogP contribution in [0.25, 0.3) is 0 Å². The average Bonchev–Trinajstić information content (AvgIpc) is 3.56. The first kappa shape index (κ1) is 29.9. The zero-order chi connectivity index (χ0) is 29.7. The molecule has 0 bridgehead atoms. The summed E-state index contributed by atoms with van der Waals surface area (Å²) < 4.78 is 111. The molecule has 218 valence electrons. The number of anilines is 1. The number of amides is 1. The van der Waals surface area contributed by atoms with Crippen LogP contribution in [0.2, 0.25) is 0 Å². The van der Waals surface area contributed by atoms with E-state index in [-0.39, 0.29) is 29.3 Å². The first-order valence-electron chi connectivity index (χ1n) is 11.7. The number of benzene rings is 2. The number of halogens is 6. The summed E-state index contributed by atoms with van der Waals surface area (Å²) in [5, 5.41) is 14.7. The van der Waals surface area contributed by atoms with Gasteiger partial charge >= 0.3 is 12.4 Å². The minimum absolute atomic E-state index is 0.112. The van der Waals surface area contributed by atoms with Crippen molar-refractivity contribution in [1.29, 1.82) is 0 Å². The highest BCUT2D eigenvalue weighted by molar-refractivity contribution is 7.89. The lowest BCUT2D eigenvalue weighted by Crippen LogP contribution is -2.57. The van der Waals surface area contributed by atoms with Gasteiger partial charge in [0.05, 0.1) is 4.90 Å². The van der Waals surface area contributed by atoms with Gasteiger partial charge in [0.2, 0.25) is 10.0 Å². The summed E-state index contributed by atoms with van der Waals surface area (Å²) in [6, 6.07) is 5.90. The van der Waals surface area contributed by atoms with E-state index in [1.807, 2.05) is 0 Å². The minimum Gasteiger partial charge on any atom is -0.370 e. The van der Waals surface area contributed by atoms with Crippen LogP contribution < -0.4 is 15.4 Å². The Morgan fingerprint density at radius 3 is 2.20 bits per heavy atom. The van der Waals surface area contributed by atoms with Gasteiger partial charge in [-0.2, -0.15) is 26.3 Å². The SMILES string of the molecule is CNS(=O)(=O)c1ccc2c(c1)CNC2(C(=O)Nc1ccc(C(O)(C(F)(F)F)C(F)(F)F)cc1)C(=O)[C@@H]1CCCO1. The Labute approximate surface area is 223 Å². The Morgan fingerprint density at radius 1 is 1.05 bits per heavy atom. The second-order valence-electron chi connectivity index (χ2n) is 9.23. The monoisotopic (exact) mass is 595 g/mol. The Hall–Kier alpha value is -3.05. The summed E-state index contributed by atoms with van der Waals surface area (Å²) in [6.45, 7) is 0.139. The summed E-state index contributed by atoms with van der Waals surface area (Å²) >= 11 is 0. The Kier molecular flexibility index (Phi) is 7.55. The van der Waals surface area contributed by atoms with Crippen LogP contribution in [0.1, 0.15) is 29.5 Å². The third kappa shape index (κ3) is 4.76. The van der Waals surface area contributed by atoms with Crippen LogP contribution in [0.5, 0.6) is 0 Å². The van der Waals surface area contributed by atoms with E-state index >= 15 is 0 Å². The van der Waals surface area contributed by atoms with Gasteiger partial charge in [0.15, 0.2) is 11.3 Å². The molecule has 9 nitrogen and oxygen atoms in total. The van der Waals surface area contributed by atoms with Crippen molar-refractivity contribution < 1.29 is 54.2 Å². The minimum atomic E-state index is -6.09. The number of fused-ring (bicyclic) bond motifs is 1. The molecule has 2 aromatic rings. The molecule has 2 aliphatic heterocycles. The van der Waals surface area contributed by atoms with Gasteiger partial charge in [-0.1, -0.05) is 18.2 Å². The Morgan fingerprint density at radius 2 is 1.68 bits per heavy atom. The van der Waals surface area contributed by atoms with E-state index < -0.39 is 56.9 Å². The maximum Gasteiger partial charge on any atom is 0.430 e. The van der Waals surface area contributed by atoms with Crippen LogP contribution in [0.4, 0.5) is 32.0 Å². The molecular formula is C24H23F6N3O6S. The lowest BCUT2D eigenvalue weighted by Gasteiger charge is -2.33. The van der Waals surface area contributed by atoms with Crippen LogP contribution in [0.3, 0.4) is 0 Å². The lowest BCUT2D eigenvalue weighted by molar-refractivity contribution is -0.376. The fourth-order valence-electron chi connectivity index (χ4n) is 4.76. The fourth-order valence-corrected chi connectivity index (χ4v) is 5.54. The summed E-state index contributed by atoms with van der Waals surface area (Å²) in [6.07, 6.45) is -12.4. The first-order valence-corrected chi connectivity index (χ1v) is 13.2. The number of ether oxygens (including phenoxy) is 1. The van der Waals surface area contributed by atoms with Crippen molar-refractivity contribution in [3.63, 3.8) is 0 Å². The molecule has 2 aliphatic rings. The molecule has 2 heterocycles. The topological polar surface area (TPSA) is 134 Å². The molecule has 4 N–H and O–H groups in total. The van der Waals surface area contributed by atoms with Crippen molar-refractivity contribution in [3.8, 4) is 0 Å². The van der Waals surface area contributed by atoms with E-state index in [9.17, 15) is 49.5 Å². The molecule has 0 saturated carbocycles. The fraction of sp³-hybridized carbons (Fsp3) is 0.417. The van der Waals surface area contributed by atoms with E-state index in [1.165, 1.54) is 25.2 Å². The number of hydrogen-bond donors (Lipinski definition) is 4. The number of alkyl halides is 6. The molecule has 4 rings (SSSR count). The van der Waals surface area contributed by atoms with Gasteiger partial charge in [0.1, 0.15) is 6.10 Å². The molecule has 0 radical (unpaired) electrons. The lowest BCUT2D eigenvalue weighted by atomic mass is 9.82. The van der Waals surface area contributed by atoms with Crippen LogP contribution in [0, 0.1) is 0 Å². The van der Waals surface area contributed by atoms with Gasteiger partial charge in [-0.15, -0.1) is 0 Å². The number of nitrogens with one attached hydrogen (secondary N) is 3. The molecular weight excluding hydrogens is 572 g/mol. The predicted molar refractivity (Wildman–Crippen MR) is 126 cm³/mol. The zero-order valence-corrected chi connectivity index (χ0v) is 21.4. The number of ketones is 1. The second kappa shape index (κ2) is 10.1. The van der Waals surface area contributed by atoms with Crippen molar-refractivity contribution in [2.45, 2.75) is 53.9 Å². The second-order valence-corrected chi connectivity index (χ2v) is 11.1. The van der Waals surface area contributed by atoms with Crippen LogP contribution in [0.15, 0.2) is 47.4 Å². The number of Topliss-reactive ketones (excluding diaryl/α,β-unsaturated/α-hetero) is 1. The molecule has 1 fully saturated rings. The first-order chi connectivity index (χ1) is 18.5. The molecule has 1 amide bonds. The van der Waals surface area contributed by atoms with Crippen LogP contribution in [-0.4, -0.2) is 57.3 Å². The van der Waals surface area contributed by atoms with Crippen LogP contribution >= 0.6 is 0 Å². The molecule has 40 heavy (non-hydrogen) atoms. The highest BCUT2D eigenvalue weighted by Gasteiger charge is 2.71. The normalized spacial score (nSPS) is 21.8. The predicted octanol–water partition coefficient (Wildman–Crippen LogP) is 2.59. The molecule has 1 unspecified atom stereocenters. The van der Waals surface area contributed by atoms with E-state index in [1.54, 1.807) is 0 Å². The molecule has 16 heteroatoms. The molecule has 0 spiro atoms. The standard InChI is InChI=1S/C24H23F6N3O6S/c1-31-40(37,38)16-8-9-17-13(11-16)12-32-21(17,19(34)18-3-2-10-39-18)20(35)33-15-6-4-14(5-7-15)22(36,23(25,26)27)24(28,29)30/h4-9,11,18,31-32,36H,2-3,10,12H2,1H3,(H,33,35)/t18-,21?/m0/s1. The van der Waals surface area contributed by atoms with E-state index in [0.29, 0.717) is 30.5 Å². The molecule has 2 aromatic carbocycles. The molecule has 0 aliphatic carbocycles. The largest absolute Gasteiger partial charge is 0.430 e.